The van der Waals surface area contributed by atoms with Crippen LogP contribution in [-0.2, 0) is 5.60 Å². The molecule has 100 valence electrons. The number of aliphatic hydroxyl groups is 1. The van der Waals surface area contributed by atoms with Crippen molar-refractivity contribution in [3.63, 3.8) is 0 Å². The number of ether oxygens (including phenoxy) is 1. The molecular weight excluding hydrogens is 244 g/mol. The zero-order valence-electron chi connectivity index (χ0n) is 11.6. The molecule has 1 aliphatic heterocycles. The van der Waals surface area contributed by atoms with Crippen LogP contribution >= 0.6 is 11.8 Å². The van der Waals surface area contributed by atoms with Crippen LogP contribution in [0.5, 0.6) is 5.75 Å². The zero-order chi connectivity index (χ0) is 13.3. The van der Waals surface area contributed by atoms with Crippen molar-refractivity contribution in [3.8, 4) is 5.75 Å². The Labute approximate surface area is 114 Å². The van der Waals surface area contributed by atoms with Gasteiger partial charge in [-0.1, -0.05) is 19.1 Å². The lowest BCUT2D eigenvalue weighted by Gasteiger charge is -2.39. The van der Waals surface area contributed by atoms with Gasteiger partial charge in [0.25, 0.3) is 0 Å². The molecule has 0 saturated carbocycles. The maximum atomic E-state index is 11.0. The first-order valence-corrected chi connectivity index (χ1v) is 7.54. The summed E-state index contributed by atoms with van der Waals surface area (Å²) in [4.78, 5) is 0. The van der Waals surface area contributed by atoms with Crippen LogP contribution in [-0.4, -0.2) is 23.2 Å². The fourth-order valence-corrected chi connectivity index (χ4v) is 3.88. The maximum absolute atomic E-state index is 11.0. The second kappa shape index (κ2) is 5.14. The third-order valence-electron chi connectivity index (χ3n) is 4.09. The Morgan fingerprint density at radius 1 is 1.39 bits per heavy atom. The van der Waals surface area contributed by atoms with E-state index in [4.69, 9.17) is 4.74 Å². The second-order valence-corrected chi connectivity index (χ2v) is 6.58. The number of benzene rings is 1. The van der Waals surface area contributed by atoms with Gasteiger partial charge in [0.1, 0.15) is 11.4 Å². The first-order chi connectivity index (χ1) is 8.50. The summed E-state index contributed by atoms with van der Waals surface area (Å²) < 4.78 is 5.55. The van der Waals surface area contributed by atoms with Gasteiger partial charge in [-0.25, -0.2) is 0 Å². The molecule has 0 radical (unpaired) electrons. The first-order valence-electron chi connectivity index (χ1n) is 6.49. The van der Waals surface area contributed by atoms with Crippen LogP contribution in [0.2, 0.25) is 0 Å². The average Bonchev–Trinajstić information content (AvgIpc) is 2.36. The van der Waals surface area contributed by atoms with E-state index >= 15 is 0 Å². The van der Waals surface area contributed by atoms with Crippen LogP contribution in [0.1, 0.15) is 36.5 Å². The Hall–Kier alpha value is -0.670. The summed E-state index contributed by atoms with van der Waals surface area (Å²) >= 11 is 1.84. The van der Waals surface area contributed by atoms with Crippen molar-refractivity contribution in [1.82, 2.24) is 0 Å². The third-order valence-corrected chi connectivity index (χ3v) is 5.50. The molecule has 2 atom stereocenters. The van der Waals surface area contributed by atoms with Crippen LogP contribution in [0.3, 0.4) is 0 Å². The third kappa shape index (κ3) is 2.14. The summed E-state index contributed by atoms with van der Waals surface area (Å²) in [6.45, 7) is 6.24. The zero-order valence-corrected chi connectivity index (χ0v) is 12.4. The van der Waals surface area contributed by atoms with Gasteiger partial charge in [0, 0.05) is 10.8 Å². The fraction of sp³-hybridized carbons (Fsp3) is 0.600. The van der Waals surface area contributed by atoms with Gasteiger partial charge in [-0.2, -0.15) is 11.8 Å². The summed E-state index contributed by atoms with van der Waals surface area (Å²) in [5.74, 6) is 1.99. The molecule has 2 unspecified atom stereocenters. The lowest BCUT2D eigenvalue weighted by atomic mass is 9.84. The molecule has 1 aromatic carbocycles. The van der Waals surface area contributed by atoms with Crippen LogP contribution in [0.4, 0.5) is 0 Å². The van der Waals surface area contributed by atoms with Gasteiger partial charge in [-0.3, -0.25) is 0 Å². The highest BCUT2D eigenvalue weighted by atomic mass is 32.2. The van der Waals surface area contributed by atoms with E-state index in [0.29, 0.717) is 0 Å². The molecule has 3 heteroatoms. The minimum Gasteiger partial charge on any atom is -0.496 e. The molecule has 18 heavy (non-hydrogen) atoms. The maximum Gasteiger partial charge on any atom is 0.128 e. The van der Waals surface area contributed by atoms with E-state index < -0.39 is 5.60 Å². The number of methoxy groups -OCH3 is 1. The Balaban J connectivity index is 2.53. The summed E-state index contributed by atoms with van der Waals surface area (Å²) in [6, 6.07) is 4.11. The minimum atomic E-state index is -0.757. The normalized spacial score (nSPS) is 28.2. The van der Waals surface area contributed by atoms with E-state index in [9.17, 15) is 5.11 Å². The average molecular weight is 266 g/mol. The molecule has 0 bridgehead atoms. The molecule has 2 nitrogen and oxygen atoms in total. The van der Waals surface area contributed by atoms with Crippen molar-refractivity contribution in [2.45, 2.75) is 44.5 Å². The fourth-order valence-electron chi connectivity index (χ4n) is 2.69. The molecule has 1 aliphatic rings. The van der Waals surface area contributed by atoms with Gasteiger partial charge in [0.05, 0.1) is 7.11 Å². The molecule has 1 N–H and O–H groups in total. The van der Waals surface area contributed by atoms with Crippen molar-refractivity contribution in [1.29, 1.82) is 0 Å². The van der Waals surface area contributed by atoms with Crippen molar-refractivity contribution in [2.75, 3.05) is 12.9 Å². The first kappa shape index (κ1) is 13.8. The van der Waals surface area contributed by atoms with Crippen molar-refractivity contribution in [3.05, 3.63) is 28.8 Å². The molecule has 1 heterocycles. The van der Waals surface area contributed by atoms with Gasteiger partial charge in [-0.05, 0) is 43.6 Å². The summed E-state index contributed by atoms with van der Waals surface area (Å²) in [7, 11) is 1.69. The molecule has 1 fully saturated rings. The van der Waals surface area contributed by atoms with E-state index in [-0.39, 0.29) is 5.25 Å². The highest BCUT2D eigenvalue weighted by Crippen LogP contribution is 2.45. The lowest BCUT2D eigenvalue weighted by Crippen LogP contribution is -2.39. The molecule has 2 rings (SSSR count). The van der Waals surface area contributed by atoms with E-state index in [1.807, 2.05) is 17.8 Å². The van der Waals surface area contributed by atoms with Crippen molar-refractivity contribution in [2.24, 2.45) is 0 Å². The second-order valence-electron chi connectivity index (χ2n) is 5.13. The lowest BCUT2D eigenvalue weighted by molar-refractivity contribution is 0.0230. The molecule has 1 aromatic rings. The van der Waals surface area contributed by atoms with Crippen LogP contribution in [0.15, 0.2) is 12.1 Å². The smallest absolute Gasteiger partial charge is 0.128 e. The highest BCUT2D eigenvalue weighted by Gasteiger charge is 2.40. The molecule has 0 amide bonds. The van der Waals surface area contributed by atoms with Crippen molar-refractivity contribution < 1.29 is 9.84 Å². The minimum absolute atomic E-state index is 0.210. The van der Waals surface area contributed by atoms with Crippen LogP contribution in [0.25, 0.3) is 0 Å². The van der Waals surface area contributed by atoms with Gasteiger partial charge in [0.2, 0.25) is 0 Å². The van der Waals surface area contributed by atoms with E-state index in [1.54, 1.807) is 7.11 Å². The quantitative estimate of drug-likeness (QED) is 0.889. The Morgan fingerprint density at radius 3 is 2.72 bits per heavy atom. The summed E-state index contributed by atoms with van der Waals surface area (Å²) in [6.07, 6.45) is 1.88. The number of aryl methyl sites for hydroxylation is 1. The molecule has 1 saturated heterocycles. The number of thioether (sulfide) groups is 1. The van der Waals surface area contributed by atoms with E-state index in [0.717, 1.165) is 35.5 Å². The van der Waals surface area contributed by atoms with Crippen molar-refractivity contribution >= 4 is 11.8 Å². The Kier molecular flexibility index (Phi) is 3.93. The number of hydrogen-bond acceptors (Lipinski definition) is 3. The number of rotatable bonds is 2. The molecule has 0 aliphatic carbocycles. The van der Waals surface area contributed by atoms with E-state index in [2.05, 4.69) is 26.8 Å². The van der Waals surface area contributed by atoms with Crippen LogP contribution < -0.4 is 4.74 Å². The van der Waals surface area contributed by atoms with Gasteiger partial charge >= 0.3 is 0 Å². The SMILES string of the molecule is COc1c(C2(O)CCCSC2C)ccc(C)c1C. The monoisotopic (exact) mass is 266 g/mol. The molecule has 0 spiro atoms. The summed E-state index contributed by atoms with van der Waals surface area (Å²) in [5.41, 5.74) is 2.53. The predicted molar refractivity (Wildman–Crippen MR) is 77.5 cm³/mol. The Morgan fingerprint density at radius 2 is 2.11 bits per heavy atom. The van der Waals surface area contributed by atoms with Gasteiger partial charge in [0.15, 0.2) is 0 Å². The summed E-state index contributed by atoms with van der Waals surface area (Å²) in [5, 5.41) is 11.2. The Bertz CT molecular complexity index is 444. The van der Waals surface area contributed by atoms with Gasteiger partial charge < -0.3 is 9.84 Å². The van der Waals surface area contributed by atoms with Gasteiger partial charge in [-0.15, -0.1) is 0 Å². The van der Waals surface area contributed by atoms with E-state index in [1.165, 1.54) is 5.56 Å². The predicted octanol–water partition coefficient (Wildman–Crippen LogP) is 3.42. The number of hydrogen-bond donors (Lipinski definition) is 1. The van der Waals surface area contributed by atoms with Crippen LogP contribution in [0, 0.1) is 13.8 Å². The topological polar surface area (TPSA) is 29.5 Å². The molecule has 0 aromatic heterocycles. The largest absolute Gasteiger partial charge is 0.496 e. The highest BCUT2D eigenvalue weighted by molar-refractivity contribution is 8.00. The standard InChI is InChI=1S/C15H22O2S/c1-10-6-7-13(14(17-4)11(10)2)15(16)8-5-9-18-12(15)3/h6-7,12,16H,5,8-9H2,1-4H3. The molecular formula is C15H22O2S.